The van der Waals surface area contributed by atoms with Crippen molar-refractivity contribution in [1.29, 1.82) is 0 Å². The van der Waals surface area contributed by atoms with E-state index in [2.05, 4.69) is 0 Å². The third kappa shape index (κ3) is 6.97. The van der Waals surface area contributed by atoms with E-state index in [1.165, 1.54) is 13.2 Å². The summed E-state index contributed by atoms with van der Waals surface area (Å²) in [7, 11) is 4.51. The maximum atomic E-state index is 13.4. The van der Waals surface area contributed by atoms with Gasteiger partial charge in [0.15, 0.2) is 17.6 Å². The number of methoxy groups -OCH3 is 3. The summed E-state index contributed by atoms with van der Waals surface area (Å²) < 4.78 is 32.9. The fraction of sp³-hybridized carbons (Fsp3) is 0.321. The minimum atomic E-state index is -1.88. The van der Waals surface area contributed by atoms with Crippen LogP contribution >= 0.6 is 0 Å². The van der Waals surface area contributed by atoms with Gasteiger partial charge in [-0.25, -0.2) is 9.90 Å². The summed E-state index contributed by atoms with van der Waals surface area (Å²) in [5.41, 5.74) is 1.58. The van der Waals surface area contributed by atoms with Gasteiger partial charge in [-0.2, -0.15) is 0 Å². The molecule has 3 rings (SSSR count). The van der Waals surface area contributed by atoms with Crippen LogP contribution in [-0.4, -0.2) is 53.7 Å². The fourth-order valence-electron chi connectivity index (χ4n) is 3.58. The maximum absolute atomic E-state index is 13.4. The van der Waals surface area contributed by atoms with E-state index in [4.69, 9.17) is 28.4 Å². The lowest BCUT2D eigenvalue weighted by atomic mass is 10.0. The molecule has 0 aromatic heterocycles. The van der Waals surface area contributed by atoms with Crippen molar-refractivity contribution >= 4 is 5.97 Å². The Hall–Kier alpha value is -3.59. The van der Waals surface area contributed by atoms with Gasteiger partial charge in [-0.3, -0.25) is 0 Å². The molecule has 0 saturated heterocycles. The summed E-state index contributed by atoms with van der Waals surface area (Å²) in [6.07, 6.45) is -2.62. The molecule has 0 aliphatic carbocycles. The van der Waals surface area contributed by atoms with Gasteiger partial charge in [-0.1, -0.05) is 60.7 Å². The Labute approximate surface area is 211 Å². The Morgan fingerprint density at radius 2 is 1.25 bits per heavy atom. The van der Waals surface area contributed by atoms with Crippen molar-refractivity contribution in [3.8, 4) is 17.2 Å². The summed E-state index contributed by atoms with van der Waals surface area (Å²) in [5.74, 6) is -0.272. The van der Waals surface area contributed by atoms with Crippen LogP contribution in [-0.2, 0) is 24.1 Å². The predicted octanol–water partition coefficient (Wildman–Crippen LogP) is 4.55. The molecule has 0 fully saturated rings. The SMILES string of the molecule is COCCOc1ccc(C([O])C(=O)OC(c2ccccc2)c2ccccc2)c(OC)c1OCCOC. The van der Waals surface area contributed by atoms with Crippen molar-refractivity contribution in [2.24, 2.45) is 0 Å². The van der Waals surface area contributed by atoms with E-state index in [0.717, 1.165) is 11.1 Å². The normalized spacial score (nSPS) is 11.7. The molecule has 0 spiro atoms. The van der Waals surface area contributed by atoms with Crippen LogP contribution in [0.15, 0.2) is 72.8 Å². The molecule has 0 N–H and O–H groups in total. The number of carbonyl (C=O) groups excluding carboxylic acids is 1. The molecular weight excluding hydrogens is 464 g/mol. The third-order valence-corrected chi connectivity index (χ3v) is 5.32. The zero-order chi connectivity index (χ0) is 25.8. The summed E-state index contributed by atoms with van der Waals surface area (Å²) in [6, 6.07) is 21.6. The monoisotopic (exact) mass is 495 g/mol. The van der Waals surface area contributed by atoms with E-state index < -0.39 is 18.2 Å². The number of esters is 1. The van der Waals surface area contributed by atoms with Gasteiger partial charge >= 0.3 is 5.97 Å². The number of hydrogen-bond donors (Lipinski definition) is 0. The topological polar surface area (TPSA) is 92.4 Å². The minimum Gasteiger partial charge on any atom is -0.492 e. The number of benzene rings is 3. The molecule has 8 heteroatoms. The second kappa shape index (κ2) is 14.1. The largest absolute Gasteiger partial charge is 0.492 e. The summed E-state index contributed by atoms with van der Waals surface area (Å²) in [4.78, 5) is 13.1. The van der Waals surface area contributed by atoms with E-state index >= 15 is 0 Å². The van der Waals surface area contributed by atoms with E-state index in [-0.39, 0.29) is 30.3 Å². The lowest BCUT2D eigenvalue weighted by Crippen LogP contribution is -2.20. The lowest BCUT2D eigenvalue weighted by Gasteiger charge is -2.22. The van der Waals surface area contributed by atoms with Gasteiger partial charge < -0.3 is 28.4 Å². The van der Waals surface area contributed by atoms with Crippen LogP contribution < -0.4 is 14.2 Å². The van der Waals surface area contributed by atoms with Gasteiger partial charge in [0, 0.05) is 19.8 Å². The standard InChI is InChI=1S/C28H31O8/c1-31-16-18-34-23-15-14-22(26(33-3)27(23)35-19-17-32-2)24(29)28(30)36-25(20-10-6-4-7-11-20)21-12-8-5-9-13-21/h4-15,24-25H,16-19H2,1-3H3. The van der Waals surface area contributed by atoms with Gasteiger partial charge in [0.1, 0.15) is 13.2 Å². The molecule has 0 bridgehead atoms. The number of hydrogen-bond acceptors (Lipinski definition) is 7. The summed E-state index contributed by atoms with van der Waals surface area (Å²) in [6.45, 7) is 1.12. The molecular formula is C28H31O8. The Bertz CT molecular complexity index is 1030. The smallest absolute Gasteiger partial charge is 0.344 e. The Morgan fingerprint density at radius 3 is 1.78 bits per heavy atom. The summed E-state index contributed by atoms with van der Waals surface area (Å²) in [5, 5.41) is 13.4. The molecule has 36 heavy (non-hydrogen) atoms. The average molecular weight is 496 g/mol. The Morgan fingerprint density at radius 1 is 0.694 bits per heavy atom. The first-order valence-corrected chi connectivity index (χ1v) is 11.5. The number of ether oxygens (including phenoxy) is 6. The molecule has 0 saturated carbocycles. The molecule has 1 atom stereocenters. The van der Waals surface area contributed by atoms with Crippen molar-refractivity contribution in [2.45, 2.75) is 12.2 Å². The van der Waals surface area contributed by atoms with Crippen molar-refractivity contribution in [3.05, 3.63) is 89.5 Å². The van der Waals surface area contributed by atoms with Crippen LogP contribution in [0.25, 0.3) is 0 Å². The van der Waals surface area contributed by atoms with E-state index in [9.17, 15) is 9.90 Å². The van der Waals surface area contributed by atoms with Crippen LogP contribution in [0.1, 0.15) is 28.9 Å². The average Bonchev–Trinajstić information content (AvgIpc) is 2.92. The first-order chi connectivity index (χ1) is 17.6. The van der Waals surface area contributed by atoms with Crippen LogP contribution in [0.3, 0.4) is 0 Å². The lowest BCUT2D eigenvalue weighted by molar-refractivity contribution is -0.162. The summed E-state index contributed by atoms with van der Waals surface area (Å²) >= 11 is 0. The van der Waals surface area contributed by atoms with Crippen LogP contribution in [0.4, 0.5) is 0 Å². The van der Waals surface area contributed by atoms with E-state index in [1.54, 1.807) is 20.3 Å². The molecule has 1 radical (unpaired) electrons. The Balaban J connectivity index is 1.90. The van der Waals surface area contributed by atoms with Crippen LogP contribution in [0.2, 0.25) is 0 Å². The second-order valence-corrected chi connectivity index (χ2v) is 7.72. The molecule has 191 valence electrons. The number of rotatable bonds is 14. The van der Waals surface area contributed by atoms with Crippen molar-refractivity contribution in [2.75, 3.05) is 47.8 Å². The van der Waals surface area contributed by atoms with Gasteiger partial charge in [-0.05, 0) is 23.3 Å². The quantitative estimate of drug-likeness (QED) is 0.239. The van der Waals surface area contributed by atoms with Crippen LogP contribution in [0, 0.1) is 0 Å². The molecule has 1 unspecified atom stereocenters. The fourth-order valence-corrected chi connectivity index (χ4v) is 3.58. The van der Waals surface area contributed by atoms with E-state index in [0.29, 0.717) is 19.0 Å². The van der Waals surface area contributed by atoms with Gasteiger partial charge in [-0.15, -0.1) is 0 Å². The molecule has 0 aliphatic heterocycles. The number of carbonyl (C=O) groups is 1. The highest BCUT2D eigenvalue weighted by atomic mass is 16.6. The van der Waals surface area contributed by atoms with Gasteiger partial charge in [0.05, 0.1) is 20.3 Å². The van der Waals surface area contributed by atoms with Crippen molar-refractivity contribution < 1.29 is 38.3 Å². The molecule has 8 nitrogen and oxygen atoms in total. The molecule has 0 amide bonds. The van der Waals surface area contributed by atoms with Crippen LogP contribution in [0.5, 0.6) is 17.2 Å². The highest BCUT2D eigenvalue weighted by Crippen LogP contribution is 2.43. The first-order valence-electron chi connectivity index (χ1n) is 11.5. The third-order valence-electron chi connectivity index (χ3n) is 5.32. The zero-order valence-electron chi connectivity index (χ0n) is 20.7. The zero-order valence-corrected chi connectivity index (χ0v) is 20.7. The highest BCUT2D eigenvalue weighted by molar-refractivity contribution is 5.79. The van der Waals surface area contributed by atoms with Crippen molar-refractivity contribution in [3.63, 3.8) is 0 Å². The molecule has 3 aromatic carbocycles. The minimum absolute atomic E-state index is 0.0777. The van der Waals surface area contributed by atoms with Crippen molar-refractivity contribution in [1.82, 2.24) is 0 Å². The molecule has 3 aromatic rings. The first kappa shape index (κ1) is 27.0. The van der Waals surface area contributed by atoms with Gasteiger partial charge in [0.25, 0.3) is 0 Å². The molecule has 0 aliphatic rings. The van der Waals surface area contributed by atoms with Gasteiger partial charge in [0.2, 0.25) is 11.9 Å². The highest BCUT2D eigenvalue weighted by Gasteiger charge is 2.31. The Kier molecular flexibility index (Phi) is 10.6. The second-order valence-electron chi connectivity index (χ2n) is 7.72. The predicted molar refractivity (Wildman–Crippen MR) is 132 cm³/mol. The maximum Gasteiger partial charge on any atom is 0.344 e. The molecule has 0 heterocycles. The van der Waals surface area contributed by atoms with E-state index in [1.807, 2.05) is 60.7 Å².